The van der Waals surface area contributed by atoms with Crippen molar-refractivity contribution < 1.29 is 9.63 Å². The van der Waals surface area contributed by atoms with Crippen LogP contribution >= 0.6 is 0 Å². The number of rotatable bonds is 1. The van der Waals surface area contributed by atoms with E-state index in [4.69, 9.17) is 4.84 Å². The lowest BCUT2D eigenvalue weighted by Gasteiger charge is -2.08. The first-order valence-electron chi connectivity index (χ1n) is 7.02. The molecule has 3 heteroatoms. The molecule has 0 N–H and O–H groups in total. The zero-order chi connectivity index (χ0) is 12.3. The molecule has 0 spiro atoms. The summed E-state index contributed by atoms with van der Waals surface area (Å²) in [5.41, 5.74) is 1.07. The van der Waals surface area contributed by atoms with Crippen LogP contribution in [-0.2, 0) is 9.63 Å². The molecule has 0 atom stereocenters. The van der Waals surface area contributed by atoms with Gasteiger partial charge in [-0.25, -0.2) is 4.79 Å². The lowest BCUT2D eigenvalue weighted by atomic mass is 10.00. The van der Waals surface area contributed by atoms with E-state index in [2.05, 4.69) is 5.16 Å². The Kier molecular flexibility index (Phi) is 7.69. The van der Waals surface area contributed by atoms with Gasteiger partial charge < -0.3 is 4.84 Å². The summed E-state index contributed by atoms with van der Waals surface area (Å²) in [4.78, 5) is 15.5. The molecule has 0 radical (unpaired) electrons. The average molecular weight is 239 g/mol. The molecule has 0 aliphatic heterocycles. The topological polar surface area (TPSA) is 38.7 Å². The molecule has 98 valence electrons. The third kappa shape index (κ3) is 7.94. The molecule has 0 heterocycles. The van der Waals surface area contributed by atoms with Crippen molar-refractivity contribution >= 4 is 11.7 Å². The molecule has 1 aliphatic rings. The molecule has 1 aliphatic carbocycles. The molecular formula is C14H25NO2. The molecule has 3 nitrogen and oxygen atoms in total. The van der Waals surface area contributed by atoms with Gasteiger partial charge in [0.2, 0.25) is 0 Å². The van der Waals surface area contributed by atoms with E-state index in [1.165, 1.54) is 64.7 Å². The van der Waals surface area contributed by atoms with Gasteiger partial charge in [0.1, 0.15) is 0 Å². The molecule has 0 aromatic carbocycles. The van der Waals surface area contributed by atoms with Crippen LogP contribution in [0.4, 0.5) is 0 Å². The summed E-state index contributed by atoms with van der Waals surface area (Å²) in [7, 11) is 0. The van der Waals surface area contributed by atoms with Gasteiger partial charge in [0, 0.05) is 6.92 Å². The summed E-state index contributed by atoms with van der Waals surface area (Å²) in [5.74, 6) is -0.316. The minimum absolute atomic E-state index is 0.316. The highest BCUT2D eigenvalue weighted by Crippen LogP contribution is 2.15. The van der Waals surface area contributed by atoms with Gasteiger partial charge in [-0.1, -0.05) is 50.1 Å². The van der Waals surface area contributed by atoms with Crippen molar-refractivity contribution in [2.75, 3.05) is 0 Å². The zero-order valence-electron chi connectivity index (χ0n) is 11.0. The number of hydrogen-bond acceptors (Lipinski definition) is 3. The lowest BCUT2D eigenvalue weighted by molar-refractivity contribution is -0.140. The second-order valence-corrected chi connectivity index (χ2v) is 4.92. The summed E-state index contributed by atoms with van der Waals surface area (Å²) in [6.07, 6.45) is 13.7. The molecule has 0 unspecified atom stereocenters. The maximum atomic E-state index is 10.7. The average Bonchev–Trinajstić information content (AvgIpc) is 2.28. The van der Waals surface area contributed by atoms with Crippen molar-refractivity contribution in [2.45, 2.75) is 77.6 Å². The standard InChI is InChI=1S/C14H25NO2/c1-13(16)17-15-14-11-9-7-5-3-2-4-6-8-10-12-14/h2-12H2,1H3. The molecule has 0 bridgehead atoms. The predicted octanol–water partition coefficient (Wildman–Crippen LogP) is 4.21. The van der Waals surface area contributed by atoms with Gasteiger partial charge in [-0.2, -0.15) is 0 Å². The van der Waals surface area contributed by atoms with Crippen LogP contribution < -0.4 is 0 Å². The number of oxime groups is 1. The Balaban J connectivity index is 2.36. The van der Waals surface area contributed by atoms with E-state index in [0.29, 0.717) is 0 Å². The first-order valence-corrected chi connectivity index (χ1v) is 7.02. The third-order valence-corrected chi connectivity index (χ3v) is 3.23. The molecule has 0 saturated heterocycles. The highest BCUT2D eigenvalue weighted by atomic mass is 16.7. The SMILES string of the molecule is CC(=O)ON=C1CCCCCCCCCCC1. The van der Waals surface area contributed by atoms with Crippen LogP contribution in [0.1, 0.15) is 77.6 Å². The fraction of sp³-hybridized carbons (Fsp3) is 0.857. The quantitative estimate of drug-likeness (QED) is 0.508. The number of carbonyl (C=O) groups is 1. The molecule has 0 aromatic rings. The first-order chi connectivity index (χ1) is 8.29. The lowest BCUT2D eigenvalue weighted by Crippen LogP contribution is -2.03. The van der Waals surface area contributed by atoms with E-state index >= 15 is 0 Å². The maximum Gasteiger partial charge on any atom is 0.331 e. The largest absolute Gasteiger partial charge is 0.331 e. The van der Waals surface area contributed by atoms with E-state index in [1.807, 2.05) is 0 Å². The monoisotopic (exact) mass is 239 g/mol. The fourth-order valence-corrected chi connectivity index (χ4v) is 2.24. The third-order valence-electron chi connectivity index (χ3n) is 3.23. The maximum absolute atomic E-state index is 10.7. The van der Waals surface area contributed by atoms with E-state index < -0.39 is 0 Å². The van der Waals surface area contributed by atoms with Crippen LogP contribution in [0.2, 0.25) is 0 Å². The van der Waals surface area contributed by atoms with Crippen LogP contribution in [0, 0.1) is 0 Å². The molecule has 1 rings (SSSR count). The Bertz CT molecular complexity index is 235. The van der Waals surface area contributed by atoms with Crippen molar-refractivity contribution in [3.05, 3.63) is 0 Å². The molecule has 17 heavy (non-hydrogen) atoms. The highest BCUT2D eigenvalue weighted by Gasteiger charge is 2.04. The van der Waals surface area contributed by atoms with Crippen LogP contribution in [-0.4, -0.2) is 11.7 Å². The Morgan fingerprint density at radius 1 is 0.882 bits per heavy atom. The summed E-state index contributed by atoms with van der Waals surface area (Å²) in [6, 6.07) is 0. The highest BCUT2D eigenvalue weighted by molar-refractivity contribution is 5.84. The van der Waals surface area contributed by atoms with Gasteiger partial charge in [-0.05, 0) is 25.7 Å². The van der Waals surface area contributed by atoms with E-state index in [0.717, 1.165) is 18.6 Å². The van der Waals surface area contributed by atoms with Crippen LogP contribution in [0.15, 0.2) is 5.16 Å². The number of nitrogens with zero attached hydrogens (tertiary/aromatic N) is 1. The Hall–Kier alpha value is -0.860. The minimum atomic E-state index is -0.316. The van der Waals surface area contributed by atoms with Gasteiger partial charge in [0.05, 0.1) is 5.71 Å². The van der Waals surface area contributed by atoms with Crippen molar-refractivity contribution in [2.24, 2.45) is 5.16 Å². The van der Waals surface area contributed by atoms with E-state index in [9.17, 15) is 4.79 Å². The van der Waals surface area contributed by atoms with Crippen molar-refractivity contribution in [3.63, 3.8) is 0 Å². The van der Waals surface area contributed by atoms with Crippen LogP contribution in [0.3, 0.4) is 0 Å². The second kappa shape index (κ2) is 9.20. The van der Waals surface area contributed by atoms with Gasteiger partial charge in [-0.15, -0.1) is 0 Å². The minimum Gasteiger partial charge on any atom is -0.319 e. The molecule has 1 saturated carbocycles. The van der Waals surface area contributed by atoms with E-state index in [-0.39, 0.29) is 5.97 Å². The van der Waals surface area contributed by atoms with Crippen molar-refractivity contribution in [1.82, 2.24) is 0 Å². The van der Waals surface area contributed by atoms with Gasteiger partial charge in [0.25, 0.3) is 0 Å². The summed E-state index contributed by atoms with van der Waals surface area (Å²) in [5, 5.41) is 3.98. The van der Waals surface area contributed by atoms with Gasteiger partial charge >= 0.3 is 5.97 Å². The van der Waals surface area contributed by atoms with Gasteiger partial charge in [0.15, 0.2) is 0 Å². The Morgan fingerprint density at radius 2 is 1.29 bits per heavy atom. The molecular weight excluding hydrogens is 214 g/mol. The van der Waals surface area contributed by atoms with Gasteiger partial charge in [-0.3, -0.25) is 0 Å². The fourth-order valence-electron chi connectivity index (χ4n) is 2.24. The number of hydrogen-bond donors (Lipinski definition) is 0. The number of carbonyl (C=O) groups excluding carboxylic acids is 1. The summed E-state index contributed by atoms with van der Waals surface area (Å²) < 4.78 is 0. The smallest absolute Gasteiger partial charge is 0.319 e. The summed E-state index contributed by atoms with van der Waals surface area (Å²) in [6.45, 7) is 1.40. The van der Waals surface area contributed by atoms with Crippen molar-refractivity contribution in [3.8, 4) is 0 Å². The van der Waals surface area contributed by atoms with Crippen LogP contribution in [0.5, 0.6) is 0 Å². The Morgan fingerprint density at radius 3 is 1.71 bits per heavy atom. The normalized spacial score (nSPS) is 19.9. The van der Waals surface area contributed by atoms with Crippen molar-refractivity contribution in [1.29, 1.82) is 0 Å². The molecule has 0 amide bonds. The van der Waals surface area contributed by atoms with E-state index in [1.54, 1.807) is 0 Å². The first kappa shape index (κ1) is 14.2. The predicted molar refractivity (Wildman–Crippen MR) is 70.0 cm³/mol. The Labute approximate surface area is 105 Å². The molecule has 0 aromatic heterocycles. The zero-order valence-corrected chi connectivity index (χ0v) is 11.0. The second-order valence-electron chi connectivity index (χ2n) is 4.92. The summed E-state index contributed by atoms with van der Waals surface area (Å²) >= 11 is 0. The van der Waals surface area contributed by atoms with Crippen LogP contribution in [0.25, 0.3) is 0 Å². The molecule has 1 fully saturated rings.